The second-order valence-electron chi connectivity index (χ2n) is 5.86. The average molecular weight is 360 g/mol. The number of Topliss-reactive ketones (excluding diaryl/α,β-unsaturated/α-hetero) is 1. The quantitative estimate of drug-likeness (QED) is 0.725. The highest BCUT2D eigenvalue weighted by Gasteiger charge is 2.30. The second-order valence-corrected chi connectivity index (χ2v) is 5.86. The first kappa shape index (κ1) is 16.7. The predicted molar refractivity (Wildman–Crippen MR) is 99.8 cm³/mol. The molecule has 0 fully saturated rings. The van der Waals surface area contributed by atoms with Crippen LogP contribution < -0.4 is 10.1 Å². The van der Waals surface area contributed by atoms with Gasteiger partial charge in [0.15, 0.2) is 5.82 Å². The molecule has 0 aliphatic heterocycles. The number of aromatic amines is 1. The van der Waals surface area contributed by atoms with E-state index in [0.717, 1.165) is 5.75 Å². The van der Waals surface area contributed by atoms with Gasteiger partial charge in [-0.1, -0.05) is 6.07 Å². The van der Waals surface area contributed by atoms with Crippen molar-refractivity contribution in [1.29, 1.82) is 0 Å². The number of carbonyl (C=O) groups excluding carboxylic acids is 2. The topological polar surface area (TPSA) is 97.0 Å². The molecule has 3 aromatic rings. The fourth-order valence-corrected chi connectivity index (χ4v) is 2.79. The zero-order chi connectivity index (χ0) is 18.8. The normalized spacial score (nSPS) is 13.1. The Morgan fingerprint density at radius 1 is 1.11 bits per heavy atom. The molecule has 2 N–H and O–H groups in total. The van der Waals surface area contributed by atoms with Crippen molar-refractivity contribution in [1.82, 2.24) is 15.0 Å². The molecule has 2 heterocycles. The number of hydrogen-bond donors (Lipinski definition) is 2. The van der Waals surface area contributed by atoms with Crippen LogP contribution in [-0.2, 0) is 0 Å². The molecule has 0 unspecified atom stereocenters. The Hall–Kier alpha value is -3.74. The minimum absolute atomic E-state index is 0.109. The molecule has 1 aromatic carbocycles. The Morgan fingerprint density at radius 3 is 2.63 bits per heavy atom. The van der Waals surface area contributed by atoms with E-state index in [1.807, 2.05) is 13.0 Å². The van der Waals surface area contributed by atoms with Gasteiger partial charge in [0.2, 0.25) is 11.6 Å². The third kappa shape index (κ3) is 3.22. The molecule has 7 nitrogen and oxygen atoms in total. The molecule has 0 spiro atoms. The van der Waals surface area contributed by atoms with Crippen LogP contribution in [0.2, 0.25) is 0 Å². The minimum atomic E-state index is -0.337. The maximum Gasteiger partial charge on any atom is 0.227 e. The van der Waals surface area contributed by atoms with Crippen molar-refractivity contribution in [2.45, 2.75) is 6.92 Å². The van der Waals surface area contributed by atoms with Crippen molar-refractivity contribution < 1.29 is 14.3 Å². The molecule has 27 heavy (non-hydrogen) atoms. The van der Waals surface area contributed by atoms with E-state index >= 15 is 0 Å². The largest absolute Gasteiger partial charge is 0.494 e. The molecule has 1 aliphatic carbocycles. The van der Waals surface area contributed by atoms with Crippen LogP contribution in [0.5, 0.6) is 5.75 Å². The number of ether oxygens (including phenoxy) is 1. The number of carbonyl (C=O) groups is 2. The van der Waals surface area contributed by atoms with Crippen LogP contribution in [0.15, 0.2) is 60.4 Å². The zero-order valence-corrected chi connectivity index (χ0v) is 14.5. The first-order valence-electron chi connectivity index (χ1n) is 8.47. The van der Waals surface area contributed by atoms with Crippen molar-refractivity contribution in [2.24, 2.45) is 0 Å². The van der Waals surface area contributed by atoms with E-state index in [-0.39, 0.29) is 28.7 Å². The van der Waals surface area contributed by atoms with Gasteiger partial charge in [0.05, 0.1) is 12.3 Å². The molecule has 4 rings (SSSR count). The Labute approximate surface area is 155 Å². The van der Waals surface area contributed by atoms with Crippen LogP contribution in [0, 0.1) is 0 Å². The summed E-state index contributed by atoms with van der Waals surface area (Å²) in [5, 5.41) is 2.99. The van der Waals surface area contributed by atoms with Gasteiger partial charge < -0.3 is 15.0 Å². The third-order valence-electron chi connectivity index (χ3n) is 4.04. The molecular formula is C20H16N4O3. The van der Waals surface area contributed by atoms with E-state index in [9.17, 15) is 9.59 Å². The fourth-order valence-electron chi connectivity index (χ4n) is 2.79. The van der Waals surface area contributed by atoms with E-state index in [1.165, 1.54) is 6.08 Å². The first-order chi connectivity index (χ1) is 13.2. The van der Waals surface area contributed by atoms with Crippen molar-refractivity contribution in [3.8, 4) is 17.3 Å². The lowest BCUT2D eigenvalue weighted by molar-refractivity contribution is 0.0980. The summed E-state index contributed by atoms with van der Waals surface area (Å²) in [5.74, 6) is 0.460. The number of ketones is 2. The number of rotatable bonds is 5. The zero-order valence-electron chi connectivity index (χ0n) is 14.5. The SMILES string of the molecule is CCOc1ccc(NC2=CC(=O)c3nc(-c4ccccn4)[nH]c3C2=O)cc1. The third-order valence-corrected chi connectivity index (χ3v) is 4.04. The molecule has 134 valence electrons. The second kappa shape index (κ2) is 6.87. The number of pyridine rings is 1. The lowest BCUT2D eigenvalue weighted by Gasteiger charge is -2.13. The number of H-pyrrole nitrogens is 1. The first-order valence-corrected chi connectivity index (χ1v) is 8.47. The van der Waals surface area contributed by atoms with Gasteiger partial charge in [0.25, 0.3) is 0 Å². The van der Waals surface area contributed by atoms with E-state index in [4.69, 9.17) is 4.74 Å². The summed E-state index contributed by atoms with van der Waals surface area (Å²) in [7, 11) is 0. The summed E-state index contributed by atoms with van der Waals surface area (Å²) >= 11 is 0. The molecule has 1 aliphatic rings. The van der Waals surface area contributed by atoms with Crippen molar-refractivity contribution in [3.05, 3.63) is 71.8 Å². The smallest absolute Gasteiger partial charge is 0.227 e. The molecule has 0 radical (unpaired) electrons. The van der Waals surface area contributed by atoms with Gasteiger partial charge in [-0.15, -0.1) is 0 Å². The van der Waals surface area contributed by atoms with Gasteiger partial charge in [0, 0.05) is 18.0 Å². The Morgan fingerprint density at radius 2 is 1.93 bits per heavy atom. The molecule has 0 saturated carbocycles. The number of allylic oxidation sites excluding steroid dienone is 2. The Kier molecular flexibility index (Phi) is 4.25. The van der Waals surface area contributed by atoms with Gasteiger partial charge in [0.1, 0.15) is 22.8 Å². The van der Waals surface area contributed by atoms with Gasteiger partial charge in [-0.3, -0.25) is 14.6 Å². The molecule has 0 amide bonds. The highest BCUT2D eigenvalue weighted by molar-refractivity contribution is 6.24. The van der Waals surface area contributed by atoms with Gasteiger partial charge in [-0.05, 0) is 43.3 Å². The average Bonchev–Trinajstić information content (AvgIpc) is 3.15. The summed E-state index contributed by atoms with van der Waals surface area (Å²) in [6.07, 6.45) is 2.89. The highest BCUT2D eigenvalue weighted by Crippen LogP contribution is 2.25. The number of nitrogens with zero attached hydrogens (tertiary/aromatic N) is 2. The minimum Gasteiger partial charge on any atom is -0.494 e. The molecule has 7 heteroatoms. The molecule has 0 saturated heterocycles. The number of aromatic nitrogens is 3. The van der Waals surface area contributed by atoms with Crippen molar-refractivity contribution in [3.63, 3.8) is 0 Å². The summed E-state index contributed by atoms with van der Waals surface area (Å²) < 4.78 is 5.40. The summed E-state index contributed by atoms with van der Waals surface area (Å²) in [6.45, 7) is 2.48. The number of hydrogen-bond acceptors (Lipinski definition) is 6. The Balaban J connectivity index is 1.60. The predicted octanol–water partition coefficient (Wildman–Crippen LogP) is 3.25. The van der Waals surface area contributed by atoms with Crippen LogP contribution >= 0.6 is 0 Å². The number of benzene rings is 1. The van der Waals surface area contributed by atoms with E-state index in [1.54, 1.807) is 42.6 Å². The van der Waals surface area contributed by atoms with E-state index in [2.05, 4.69) is 20.3 Å². The van der Waals surface area contributed by atoms with E-state index < -0.39 is 0 Å². The monoisotopic (exact) mass is 360 g/mol. The summed E-state index contributed by atoms with van der Waals surface area (Å²) in [4.78, 5) is 36.6. The van der Waals surface area contributed by atoms with Crippen molar-refractivity contribution >= 4 is 17.3 Å². The van der Waals surface area contributed by atoms with Crippen LogP contribution in [0.4, 0.5) is 5.69 Å². The van der Waals surface area contributed by atoms with E-state index in [0.29, 0.717) is 23.8 Å². The fraction of sp³-hybridized carbons (Fsp3) is 0.100. The lowest BCUT2D eigenvalue weighted by atomic mass is 10.0. The highest BCUT2D eigenvalue weighted by atomic mass is 16.5. The van der Waals surface area contributed by atoms with Gasteiger partial charge in [-0.25, -0.2) is 4.98 Å². The van der Waals surface area contributed by atoms with Crippen LogP contribution in [0.1, 0.15) is 27.9 Å². The standard InChI is InChI=1S/C20H16N4O3/c1-2-27-13-8-6-12(7-9-13)22-15-11-16(25)17-18(19(15)26)24-20(23-17)14-5-3-4-10-21-14/h3-11,22H,2H2,1H3,(H,23,24). The lowest BCUT2D eigenvalue weighted by Crippen LogP contribution is -2.21. The molecule has 2 aromatic heterocycles. The molecule has 0 bridgehead atoms. The maximum absolute atomic E-state index is 12.8. The number of nitrogens with one attached hydrogen (secondary N) is 2. The van der Waals surface area contributed by atoms with Crippen LogP contribution in [0.25, 0.3) is 11.5 Å². The number of anilines is 1. The summed E-state index contributed by atoms with van der Waals surface area (Å²) in [5.41, 5.74) is 1.70. The molecule has 0 atom stereocenters. The van der Waals surface area contributed by atoms with Crippen LogP contribution in [-0.4, -0.2) is 33.1 Å². The number of fused-ring (bicyclic) bond motifs is 1. The molecular weight excluding hydrogens is 344 g/mol. The van der Waals surface area contributed by atoms with Gasteiger partial charge in [-0.2, -0.15) is 0 Å². The van der Waals surface area contributed by atoms with Gasteiger partial charge >= 0.3 is 0 Å². The maximum atomic E-state index is 12.8. The van der Waals surface area contributed by atoms with Crippen LogP contribution in [0.3, 0.4) is 0 Å². The summed E-state index contributed by atoms with van der Waals surface area (Å²) in [6, 6.07) is 12.5. The number of imidazole rings is 1. The van der Waals surface area contributed by atoms with Crippen molar-refractivity contribution in [2.75, 3.05) is 11.9 Å². The Bertz CT molecular complexity index is 1040.